The Morgan fingerprint density at radius 3 is 3.07 bits per heavy atom. The third kappa shape index (κ3) is 3.71. The van der Waals surface area contributed by atoms with Gasteiger partial charge in [0.1, 0.15) is 6.42 Å². The van der Waals surface area contributed by atoms with Crippen molar-refractivity contribution in [1.29, 1.82) is 0 Å². The highest BCUT2D eigenvalue weighted by Crippen LogP contribution is 2.07. The van der Waals surface area contributed by atoms with Gasteiger partial charge in [0.05, 0.1) is 7.11 Å². The SMILES string of the molecule is COC(=O)CC#Cc1cccc(NN)c1. The molecule has 78 valence electrons. The minimum atomic E-state index is -0.337. The van der Waals surface area contributed by atoms with Crippen LogP contribution >= 0.6 is 0 Å². The molecule has 0 aromatic heterocycles. The third-order valence-corrected chi connectivity index (χ3v) is 1.72. The lowest BCUT2D eigenvalue weighted by Crippen LogP contribution is -2.06. The van der Waals surface area contributed by atoms with Gasteiger partial charge in [-0.2, -0.15) is 0 Å². The van der Waals surface area contributed by atoms with Crippen LogP contribution in [-0.4, -0.2) is 13.1 Å². The molecule has 0 aliphatic carbocycles. The summed E-state index contributed by atoms with van der Waals surface area (Å²) in [5.74, 6) is 10.5. The maximum Gasteiger partial charge on any atom is 0.317 e. The number of esters is 1. The number of nitrogens with two attached hydrogens (primary N) is 1. The molecule has 1 aromatic rings. The maximum absolute atomic E-state index is 10.8. The molecule has 0 amide bonds. The van der Waals surface area contributed by atoms with Crippen molar-refractivity contribution in [3.05, 3.63) is 29.8 Å². The standard InChI is InChI=1S/C11H12N2O2/c1-15-11(14)7-3-5-9-4-2-6-10(8-9)13-12/h2,4,6,8,13H,7,12H2,1H3. The van der Waals surface area contributed by atoms with Crippen LogP contribution in [0, 0.1) is 11.8 Å². The number of nitrogen functional groups attached to an aromatic ring is 1. The maximum atomic E-state index is 10.8. The van der Waals surface area contributed by atoms with Gasteiger partial charge in [-0.3, -0.25) is 10.6 Å². The van der Waals surface area contributed by atoms with Crippen LogP contribution in [0.15, 0.2) is 24.3 Å². The van der Waals surface area contributed by atoms with Crippen molar-refractivity contribution in [3.63, 3.8) is 0 Å². The van der Waals surface area contributed by atoms with Gasteiger partial charge in [0.25, 0.3) is 0 Å². The van der Waals surface area contributed by atoms with E-state index in [9.17, 15) is 4.79 Å². The first-order valence-corrected chi connectivity index (χ1v) is 4.38. The lowest BCUT2D eigenvalue weighted by molar-refractivity contribution is -0.139. The van der Waals surface area contributed by atoms with Crippen molar-refractivity contribution in [1.82, 2.24) is 0 Å². The second-order valence-corrected chi connectivity index (χ2v) is 2.78. The second kappa shape index (κ2) is 5.68. The quantitative estimate of drug-likeness (QED) is 0.325. The fourth-order valence-corrected chi connectivity index (χ4v) is 0.977. The van der Waals surface area contributed by atoms with Gasteiger partial charge in [-0.25, -0.2) is 0 Å². The number of ether oxygens (including phenoxy) is 1. The third-order valence-electron chi connectivity index (χ3n) is 1.72. The zero-order valence-electron chi connectivity index (χ0n) is 8.41. The van der Waals surface area contributed by atoms with Crippen molar-refractivity contribution in [3.8, 4) is 11.8 Å². The molecule has 0 fully saturated rings. The molecule has 3 N–H and O–H groups in total. The van der Waals surface area contributed by atoms with Crippen molar-refractivity contribution >= 4 is 11.7 Å². The first-order valence-electron chi connectivity index (χ1n) is 4.38. The Morgan fingerprint density at radius 1 is 1.60 bits per heavy atom. The fraction of sp³-hybridized carbons (Fsp3) is 0.182. The molecule has 4 nitrogen and oxygen atoms in total. The Bertz CT molecular complexity index is 405. The van der Waals surface area contributed by atoms with Gasteiger partial charge in [0.2, 0.25) is 0 Å². The Kier molecular flexibility index (Phi) is 4.20. The number of hydrazine groups is 1. The Hall–Kier alpha value is -1.99. The van der Waals surface area contributed by atoms with Crippen LogP contribution in [0.25, 0.3) is 0 Å². The number of carbonyl (C=O) groups excluding carboxylic acids is 1. The molecule has 1 rings (SSSR count). The average molecular weight is 204 g/mol. The molecule has 0 heterocycles. The van der Waals surface area contributed by atoms with Crippen molar-refractivity contribution in [2.75, 3.05) is 12.5 Å². The summed E-state index contributed by atoms with van der Waals surface area (Å²) in [5, 5.41) is 0. The van der Waals surface area contributed by atoms with E-state index in [1.807, 2.05) is 18.2 Å². The monoisotopic (exact) mass is 204 g/mol. The van der Waals surface area contributed by atoms with Crippen LogP contribution in [0.2, 0.25) is 0 Å². The number of hydrogen-bond donors (Lipinski definition) is 2. The minimum absolute atomic E-state index is 0.0940. The summed E-state index contributed by atoms with van der Waals surface area (Å²) in [6.45, 7) is 0. The summed E-state index contributed by atoms with van der Waals surface area (Å²) in [7, 11) is 1.34. The topological polar surface area (TPSA) is 64.3 Å². The second-order valence-electron chi connectivity index (χ2n) is 2.78. The van der Waals surface area contributed by atoms with Crippen molar-refractivity contribution < 1.29 is 9.53 Å². The number of methoxy groups -OCH3 is 1. The molecular weight excluding hydrogens is 192 g/mol. The van der Waals surface area contributed by atoms with Crippen LogP contribution in [-0.2, 0) is 9.53 Å². The smallest absolute Gasteiger partial charge is 0.317 e. The number of anilines is 1. The average Bonchev–Trinajstić information content (AvgIpc) is 2.29. The van der Waals surface area contributed by atoms with Crippen molar-refractivity contribution in [2.24, 2.45) is 5.84 Å². The van der Waals surface area contributed by atoms with Gasteiger partial charge >= 0.3 is 5.97 Å². The lowest BCUT2D eigenvalue weighted by Gasteiger charge is -1.98. The van der Waals surface area contributed by atoms with E-state index in [0.717, 1.165) is 11.3 Å². The predicted octanol–water partition coefficient (Wildman–Crippen LogP) is 0.887. The molecule has 0 spiro atoms. The molecule has 0 aliphatic rings. The summed E-state index contributed by atoms with van der Waals surface area (Å²) in [6, 6.07) is 7.29. The number of benzene rings is 1. The highest BCUT2D eigenvalue weighted by atomic mass is 16.5. The zero-order chi connectivity index (χ0) is 11.1. The molecule has 0 radical (unpaired) electrons. The van der Waals surface area contributed by atoms with Gasteiger partial charge in [0.15, 0.2) is 0 Å². The van der Waals surface area contributed by atoms with Crippen molar-refractivity contribution in [2.45, 2.75) is 6.42 Å². The van der Waals surface area contributed by atoms with E-state index in [2.05, 4.69) is 22.0 Å². The number of carbonyl (C=O) groups is 1. The highest BCUT2D eigenvalue weighted by Gasteiger charge is 1.94. The summed E-state index contributed by atoms with van der Waals surface area (Å²) >= 11 is 0. The minimum Gasteiger partial charge on any atom is -0.468 e. The van der Waals surface area contributed by atoms with E-state index in [1.165, 1.54) is 7.11 Å². The number of nitrogens with one attached hydrogen (secondary N) is 1. The van der Waals surface area contributed by atoms with E-state index in [-0.39, 0.29) is 12.4 Å². The lowest BCUT2D eigenvalue weighted by atomic mass is 10.2. The van der Waals surface area contributed by atoms with Gasteiger partial charge < -0.3 is 10.2 Å². The highest BCUT2D eigenvalue weighted by molar-refractivity contribution is 5.72. The Balaban J connectivity index is 2.67. The fourth-order valence-electron chi connectivity index (χ4n) is 0.977. The summed E-state index contributed by atoms with van der Waals surface area (Å²) in [5.41, 5.74) is 4.10. The van der Waals surface area contributed by atoms with Crippen LogP contribution in [0.4, 0.5) is 5.69 Å². The van der Waals surface area contributed by atoms with Gasteiger partial charge in [-0.05, 0) is 18.2 Å². The molecule has 0 atom stereocenters. The van der Waals surface area contributed by atoms with Gasteiger partial charge in [0, 0.05) is 11.3 Å². The van der Waals surface area contributed by atoms with Crippen LogP contribution in [0.3, 0.4) is 0 Å². The van der Waals surface area contributed by atoms with E-state index < -0.39 is 0 Å². The van der Waals surface area contributed by atoms with Crippen LogP contribution < -0.4 is 11.3 Å². The molecule has 0 bridgehead atoms. The molecular formula is C11H12N2O2. The predicted molar refractivity (Wildman–Crippen MR) is 57.8 cm³/mol. The summed E-state index contributed by atoms with van der Waals surface area (Å²) < 4.78 is 4.46. The molecule has 0 saturated carbocycles. The van der Waals surface area contributed by atoms with E-state index in [1.54, 1.807) is 6.07 Å². The Labute approximate surface area is 88.4 Å². The molecule has 1 aromatic carbocycles. The molecule has 0 unspecified atom stereocenters. The van der Waals surface area contributed by atoms with E-state index in [0.29, 0.717) is 0 Å². The summed E-state index contributed by atoms with van der Waals surface area (Å²) in [4.78, 5) is 10.8. The molecule has 4 heteroatoms. The van der Waals surface area contributed by atoms with E-state index in [4.69, 9.17) is 5.84 Å². The van der Waals surface area contributed by atoms with E-state index >= 15 is 0 Å². The molecule has 15 heavy (non-hydrogen) atoms. The van der Waals surface area contributed by atoms with Gasteiger partial charge in [-0.1, -0.05) is 17.9 Å². The van der Waals surface area contributed by atoms with Crippen LogP contribution in [0.1, 0.15) is 12.0 Å². The molecule has 0 aliphatic heterocycles. The number of hydrogen-bond acceptors (Lipinski definition) is 4. The summed E-state index contributed by atoms with van der Waals surface area (Å²) in [6.07, 6.45) is 0.0940. The Morgan fingerprint density at radius 2 is 2.40 bits per heavy atom. The first-order chi connectivity index (χ1) is 7.26. The largest absolute Gasteiger partial charge is 0.468 e. The van der Waals surface area contributed by atoms with Gasteiger partial charge in [-0.15, -0.1) is 0 Å². The molecule has 0 saturated heterocycles. The zero-order valence-corrected chi connectivity index (χ0v) is 8.41. The van der Waals surface area contributed by atoms with Crippen LogP contribution in [0.5, 0.6) is 0 Å². The normalized spacial score (nSPS) is 8.67. The number of rotatable bonds is 2. The first kappa shape index (κ1) is 11.1.